The molecule has 0 aliphatic rings. The van der Waals surface area contributed by atoms with Crippen LogP contribution < -0.4 is 0 Å². The number of aliphatic hydroxyl groups excluding tert-OH is 3. The molecule has 0 rings (SSSR count). The van der Waals surface area contributed by atoms with Crippen molar-refractivity contribution in [3.05, 3.63) is 0 Å². The monoisotopic (exact) mass is 556 g/mol. The van der Waals surface area contributed by atoms with Gasteiger partial charge < -0.3 is 35.7 Å². The van der Waals surface area contributed by atoms with Gasteiger partial charge in [-0.2, -0.15) is 0 Å². The third-order valence-corrected chi connectivity index (χ3v) is 4.42. The zero-order chi connectivity index (χ0) is 30.6. The summed E-state index contributed by atoms with van der Waals surface area (Å²) in [7, 11) is 0. The minimum Gasteiger partial charge on any atom is -0.481 e. The van der Waals surface area contributed by atoms with Crippen molar-refractivity contribution in [2.75, 3.05) is 13.2 Å². The molecule has 0 fully saturated rings. The number of carbonyl (C=O) groups is 4. The molecule has 7 N–H and O–H groups in total. The summed E-state index contributed by atoms with van der Waals surface area (Å²) in [5, 5.41) is 54.8. The summed E-state index contributed by atoms with van der Waals surface area (Å²) in [6.45, 7) is 4.79. The molecular weight excluding hydrogens is 500 g/mol. The molecule has 0 radical (unpaired) electrons. The maximum Gasteiger partial charge on any atom is 0.303 e. The lowest BCUT2D eigenvalue weighted by molar-refractivity contribution is -0.137. The second-order valence-electron chi connectivity index (χ2n) is 8.67. The SMILES string of the molecule is CC(=O)O.CC(=O)O.CC(=O)O.CCCCCCCCCCCCCCCCCC(=O)O.OCC(O)CO. The first-order valence-electron chi connectivity index (χ1n) is 13.5. The van der Waals surface area contributed by atoms with Gasteiger partial charge >= 0.3 is 5.97 Å². The van der Waals surface area contributed by atoms with Gasteiger partial charge in [-0.05, 0) is 6.42 Å². The second kappa shape index (κ2) is 41.9. The number of hydrogen-bond donors (Lipinski definition) is 7. The van der Waals surface area contributed by atoms with Crippen molar-refractivity contribution in [1.29, 1.82) is 0 Å². The average molecular weight is 557 g/mol. The molecule has 0 saturated carbocycles. The first kappa shape index (κ1) is 45.7. The Morgan fingerprint density at radius 3 is 0.868 bits per heavy atom. The summed E-state index contributed by atoms with van der Waals surface area (Å²) in [6, 6.07) is 0. The van der Waals surface area contributed by atoms with Crippen LogP contribution in [0.15, 0.2) is 0 Å². The van der Waals surface area contributed by atoms with E-state index in [4.69, 9.17) is 50.1 Å². The van der Waals surface area contributed by atoms with Crippen molar-refractivity contribution in [3.63, 3.8) is 0 Å². The summed E-state index contributed by atoms with van der Waals surface area (Å²) in [4.78, 5) is 37.3. The fourth-order valence-electron chi connectivity index (χ4n) is 2.71. The van der Waals surface area contributed by atoms with Gasteiger partial charge in [-0.1, -0.05) is 96.8 Å². The van der Waals surface area contributed by atoms with Crippen molar-refractivity contribution < 1.29 is 54.9 Å². The van der Waals surface area contributed by atoms with E-state index < -0.39 is 30.0 Å². The van der Waals surface area contributed by atoms with E-state index in [1.54, 1.807) is 0 Å². The van der Waals surface area contributed by atoms with Gasteiger partial charge in [0.1, 0.15) is 6.10 Å². The summed E-state index contributed by atoms with van der Waals surface area (Å²) >= 11 is 0. The summed E-state index contributed by atoms with van der Waals surface area (Å²) in [5.74, 6) is -3.15. The molecule has 0 aliphatic heterocycles. The summed E-state index contributed by atoms with van der Waals surface area (Å²) in [5.41, 5.74) is 0. The molecule has 0 saturated heterocycles. The van der Waals surface area contributed by atoms with Gasteiger partial charge in [-0.3, -0.25) is 19.2 Å². The number of unbranched alkanes of at least 4 members (excludes halogenated alkanes) is 14. The number of aliphatic hydroxyl groups is 3. The highest BCUT2D eigenvalue weighted by Crippen LogP contribution is 2.13. The Balaban J connectivity index is -0.000000162. The molecule has 11 nitrogen and oxygen atoms in total. The van der Waals surface area contributed by atoms with Gasteiger partial charge in [0, 0.05) is 27.2 Å². The van der Waals surface area contributed by atoms with Gasteiger partial charge in [0.25, 0.3) is 17.9 Å². The lowest BCUT2D eigenvalue weighted by Crippen LogP contribution is -2.15. The maximum atomic E-state index is 10.3. The zero-order valence-corrected chi connectivity index (χ0v) is 24.1. The van der Waals surface area contributed by atoms with Crippen LogP contribution in [0.3, 0.4) is 0 Å². The Kier molecular flexibility index (Phi) is 50.3. The molecule has 0 unspecified atom stereocenters. The molecule has 0 bridgehead atoms. The highest BCUT2D eigenvalue weighted by molar-refractivity contribution is 5.66. The van der Waals surface area contributed by atoms with E-state index in [1.165, 1.54) is 83.5 Å². The number of rotatable bonds is 18. The number of carboxylic acids is 4. The molecule has 230 valence electrons. The van der Waals surface area contributed by atoms with Crippen LogP contribution in [0.2, 0.25) is 0 Å². The molecule has 0 heterocycles. The Bertz CT molecular complexity index is 467. The largest absolute Gasteiger partial charge is 0.481 e. The third-order valence-electron chi connectivity index (χ3n) is 4.42. The van der Waals surface area contributed by atoms with Crippen LogP contribution in [0.1, 0.15) is 130 Å². The average Bonchev–Trinajstić information content (AvgIpc) is 2.80. The maximum absolute atomic E-state index is 10.3. The smallest absolute Gasteiger partial charge is 0.303 e. The lowest BCUT2D eigenvalue weighted by Gasteiger charge is -2.03. The molecule has 0 aromatic rings. The van der Waals surface area contributed by atoms with Crippen molar-refractivity contribution >= 4 is 23.9 Å². The quantitative estimate of drug-likeness (QED) is 0.112. The predicted molar refractivity (Wildman–Crippen MR) is 147 cm³/mol. The molecule has 38 heavy (non-hydrogen) atoms. The van der Waals surface area contributed by atoms with E-state index in [1.807, 2.05) is 0 Å². The van der Waals surface area contributed by atoms with Crippen LogP contribution in [0.5, 0.6) is 0 Å². The van der Waals surface area contributed by atoms with Gasteiger partial charge in [0.05, 0.1) is 13.2 Å². The first-order chi connectivity index (χ1) is 17.8. The van der Waals surface area contributed by atoms with E-state index in [0.29, 0.717) is 6.42 Å². The Labute approximate surface area is 228 Å². The highest BCUT2D eigenvalue weighted by atomic mass is 16.4. The van der Waals surface area contributed by atoms with Crippen molar-refractivity contribution in [2.24, 2.45) is 0 Å². The fourth-order valence-corrected chi connectivity index (χ4v) is 2.71. The molecule has 0 spiro atoms. The molecule has 0 aromatic heterocycles. The number of aliphatic carboxylic acids is 4. The minimum absolute atomic E-state index is 0.345. The van der Waals surface area contributed by atoms with Gasteiger partial charge in [-0.15, -0.1) is 0 Å². The van der Waals surface area contributed by atoms with Gasteiger partial charge in [0.15, 0.2) is 0 Å². The molecule has 0 aromatic carbocycles. The van der Waals surface area contributed by atoms with Crippen LogP contribution in [-0.2, 0) is 19.2 Å². The lowest BCUT2D eigenvalue weighted by atomic mass is 10.0. The second-order valence-corrected chi connectivity index (χ2v) is 8.67. The first-order valence-corrected chi connectivity index (χ1v) is 13.5. The number of hydrogen-bond acceptors (Lipinski definition) is 7. The van der Waals surface area contributed by atoms with E-state index in [9.17, 15) is 4.79 Å². The van der Waals surface area contributed by atoms with Crippen molar-refractivity contribution in [1.82, 2.24) is 0 Å². The van der Waals surface area contributed by atoms with E-state index in [-0.39, 0.29) is 13.2 Å². The van der Waals surface area contributed by atoms with Crippen LogP contribution >= 0.6 is 0 Å². The molecule has 11 heteroatoms. The van der Waals surface area contributed by atoms with Crippen LogP contribution in [0.4, 0.5) is 0 Å². The van der Waals surface area contributed by atoms with Crippen LogP contribution in [0.25, 0.3) is 0 Å². The minimum atomic E-state index is -0.954. The van der Waals surface area contributed by atoms with Crippen LogP contribution in [0, 0.1) is 0 Å². The summed E-state index contributed by atoms with van der Waals surface area (Å²) < 4.78 is 0. The van der Waals surface area contributed by atoms with E-state index in [0.717, 1.165) is 33.6 Å². The van der Waals surface area contributed by atoms with E-state index >= 15 is 0 Å². The van der Waals surface area contributed by atoms with E-state index in [2.05, 4.69) is 6.92 Å². The Morgan fingerprint density at radius 1 is 0.500 bits per heavy atom. The fraction of sp³-hybridized carbons (Fsp3) is 0.852. The molecule has 0 aliphatic carbocycles. The topological polar surface area (TPSA) is 210 Å². The summed E-state index contributed by atoms with van der Waals surface area (Å²) in [6.07, 6.45) is 19.2. The van der Waals surface area contributed by atoms with Gasteiger partial charge in [0.2, 0.25) is 0 Å². The molecular formula is C27H56O11. The van der Waals surface area contributed by atoms with Crippen molar-refractivity contribution in [3.8, 4) is 0 Å². The predicted octanol–water partition coefficient (Wildman–Crippen LogP) is 4.94. The zero-order valence-electron chi connectivity index (χ0n) is 24.1. The Hall–Kier alpha value is -2.24. The van der Waals surface area contributed by atoms with Gasteiger partial charge in [-0.25, -0.2) is 0 Å². The molecule has 0 atom stereocenters. The highest BCUT2D eigenvalue weighted by Gasteiger charge is 1.97. The Morgan fingerprint density at radius 2 is 0.711 bits per heavy atom. The normalized spacial score (nSPS) is 9.26. The third kappa shape index (κ3) is 103. The standard InChI is InChI=1S/C18H36O2.C3H8O3.3C2H4O2/c1-2-3-4-5-6-7-8-9-10-11-12-13-14-15-16-17-18(19)20;4-1-3(6)2-5;3*1-2(3)4/h2-17H2,1H3,(H,19,20);3-6H,1-2H2;3*1H3,(H,3,4). The van der Waals surface area contributed by atoms with Crippen molar-refractivity contribution in [2.45, 2.75) is 137 Å². The molecule has 0 amide bonds. The van der Waals surface area contributed by atoms with Crippen LogP contribution in [-0.4, -0.2) is 78.9 Å². The number of carboxylic acid groups (broad SMARTS) is 4.